The molecule has 1 rings (SSSR count). The summed E-state index contributed by atoms with van der Waals surface area (Å²) in [6.45, 7) is 5.64. The predicted molar refractivity (Wildman–Crippen MR) is 61.3 cm³/mol. The van der Waals surface area contributed by atoms with Crippen molar-refractivity contribution in [3.8, 4) is 0 Å². The maximum Gasteiger partial charge on any atom is 0.0454 e. The smallest absolute Gasteiger partial charge is 0.0454 e. The largest absolute Gasteiger partial charge is 0.398 e. The van der Waals surface area contributed by atoms with Gasteiger partial charge in [0.2, 0.25) is 0 Å². The monoisotopic (exact) mass is 213 g/mol. The fourth-order valence-corrected chi connectivity index (χ4v) is 1.82. The van der Waals surface area contributed by atoms with Gasteiger partial charge in [0.1, 0.15) is 0 Å². The molecule has 0 fully saturated rings. The Bertz CT molecular complexity index is 323. The molecule has 2 N–H and O–H groups in total. The average Bonchev–Trinajstić information content (AvgIpc) is 2.02. The highest BCUT2D eigenvalue weighted by atomic mass is 35.5. The SMILES string of the molecule is C=C(Cl)CSc1ccc(C)cc1N. The fourth-order valence-electron chi connectivity index (χ4n) is 0.955. The van der Waals surface area contributed by atoms with Crippen molar-refractivity contribution in [3.05, 3.63) is 35.4 Å². The molecule has 0 aliphatic carbocycles. The first-order valence-electron chi connectivity index (χ1n) is 3.92. The molecule has 0 heterocycles. The van der Waals surface area contributed by atoms with E-state index >= 15 is 0 Å². The van der Waals surface area contributed by atoms with Crippen molar-refractivity contribution in [2.45, 2.75) is 11.8 Å². The minimum atomic E-state index is 0.643. The summed E-state index contributed by atoms with van der Waals surface area (Å²) < 4.78 is 0. The summed E-state index contributed by atoms with van der Waals surface area (Å²) in [4.78, 5) is 1.06. The zero-order chi connectivity index (χ0) is 9.84. The Balaban J connectivity index is 2.72. The maximum atomic E-state index is 5.81. The van der Waals surface area contributed by atoms with E-state index in [0.29, 0.717) is 10.8 Å². The van der Waals surface area contributed by atoms with Crippen molar-refractivity contribution < 1.29 is 0 Å². The molecule has 0 aromatic heterocycles. The van der Waals surface area contributed by atoms with Gasteiger partial charge in [-0.1, -0.05) is 24.2 Å². The Morgan fingerprint density at radius 1 is 1.62 bits per heavy atom. The normalized spacial score (nSPS) is 10.0. The molecule has 70 valence electrons. The van der Waals surface area contributed by atoms with Gasteiger partial charge in [0.05, 0.1) is 0 Å². The van der Waals surface area contributed by atoms with Gasteiger partial charge in [-0.3, -0.25) is 0 Å². The van der Waals surface area contributed by atoms with Crippen molar-refractivity contribution >= 4 is 29.1 Å². The van der Waals surface area contributed by atoms with Gasteiger partial charge in [-0.05, 0) is 24.6 Å². The fraction of sp³-hybridized carbons (Fsp3) is 0.200. The highest BCUT2D eigenvalue weighted by molar-refractivity contribution is 7.99. The summed E-state index contributed by atoms with van der Waals surface area (Å²) in [5.74, 6) is 0.703. The van der Waals surface area contributed by atoms with Gasteiger partial charge in [0, 0.05) is 21.4 Å². The molecule has 0 spiro atoms. The van der Waals surface area contributed by atoms with Crippen LogP contribution in [0.15, 0.2) is 34.7 Å². The molecule has 0 saturated heterocycles. The maximum absolute atomic E-state index is 5.81. The quantitative estimate of drug-likeness (QED) is 0.615. The van der Waals surface area contributed by atoms with Gasteiger partial charge in [-0.25, -0.2) is 0 Å². The molecular formula is C10H12ClNS. The molecule has 0 amide bonds. The lowest BCUT2D eigenvalue weighted by Gasteiger charge is -2.04. The van der Waals surface area contributed by atoms with Gasteiger partial charge < -0.3 is 5.73 Å². The van der Waals surface area contributed by atoms with E-state index in [9.17, 15) is 0 Å². The number of nitrogen functional groups attached to an aromatic ring is 1. The molecule has 1 nitrogen and oxygen atoms in total. The van der Waals surface area contributed by atoms with Crippen molar-refractivity contribution in [1.29, 1.82) is 0 Å². The minimum Gasteiger partial charge on any atom is -0.398 e. The molecule has 0 aliphatic heterocycles. The van der Waals surface area contributed by atoms with Gasteiger partial charge >= 0.3 is 0 Å². The Morgan fingerprint density at radius 3 is 2.85 bits per heavy atom. The van der Waals surface area contributed by atoms with Crippen molar-refractivity contribution in [2.24, 2.45) is 0 Å². The van der Waals surface area contributed by atoms with E-state index in [-0.39, 0.29) is 0 Å². The summed E-state index contributed by atoms with van der Waals surface area (Å²) in [7, 11) is 0. The third-order valence-electron chi connectivity index (χ3n) is 1.55. The van der Waals surface area contributed by atoms with Crippen LogP contribution in [-0.4, -0.2) is 5.75 Å². The second-order valence-corrected chi connectivity index (χ2v) is 4.40. The summed E-state index contributed by atoms with van der Waals surface area (Å²) in [6, 6.07) is 6.00. The van der Waals surface area contributed by atoms with Crippen LogP contribution in [0.4, 0.5) is 5.69 Å². The van der Waals surface area contributed by atoms with Gasteiger partial charge in [-0.15, -0.1) is 11.8 Å². The minimum absolute atomic E-state index is 0.643. The molecule has 0 aliphatic rings. The molecule has 1 aromatic carbocycles. The van der Waals surface area contributed by atoms with Crippen LogP contribution >= 0.6 is 23.4 Å². The second-order valence-electron chi connectivity index (χ2n) is 2.85. The molecule has 0 unspecified atom stereocenters. The van der Waals surface area contributed by atoms with E-state index in [1.165, 1.54) is 5.56 Å². The first-order chi connectivity index (χ1) is 6.09. The zero-order valence-corrected chi connectivity index (χ0v) is 9.08. The number of hydrogen-bond donors (Lipinski definition) is 1. The molecule has 0 atom stereocenters. The topological polar surface area (TPSA) is 26.0 Å². The van der Waals surface area contributed by atoms with Gasteiger partial charge in [0.25, 0.3) is 0 Å². The van der Waals surface area contributed by atoms with Crippen LogP contribution in [0.5, 0.6) is 0 Å². The van der Waals surface area contributed by atoms with Crippen LogP contribution in [-0.2, 0) is 0 Å². The summed E-state index contributed by atoms with van der Waals surface area (Å²) >= 11 is 7.26. The van der Waals surface area contributed by atoms with E-state index in [1.807, 2.05) is 25.1 Å². The molecule has 1 aromatic rings. The Labute approximate surface area is 88.0 Å². The van der Waals surface area contributed by atoms with E-state index in [4.69, 9.17) is 17.3 Å². The number of nitrogens with two attached hydrogens (primary N) is 1. The Kier molecular flexibility index (Phi) is 3.70. The number of aryl methyl sites for hydroxylation is 1. The number of hydrogen-bond acceptors (Lipinski definition) is 2. The summed E-state index contributed by atoms with van der Waals surface area (Å²) in [6.07, 6.45) is 0. The van der Waals surface area contributed by atoms with Crippen molar-refractivity contribution in [2.75, 3.05) is 11.5 Å². The molecule has 0 saturated carbocycles. The van der Waals surface area contributed by atoms with E-state index in [2.05, 4.69) is 6.58 Å². The zero-order valence-electron chi connectivity index (χ0n) is 7.51. The second kappa shape index (κ2) is 4.58. The summed E-state index contributed by atoms with van der Waals surface area (Å²) in [5, 5.41) is 0.643. The van der Waals surface area contributed by atoms with Crippen LogP contribution in [0, 0.1) is 6.92 Å². The molecule has 3 heteroatoms. The number of anilines is 1. The lowest BCUT2D eigenvalue weighted by atomic mass is 10.2. The molecular weight excluding hydrogens is 202 g/mol. The third-order valence-corrected chi connectivity index (χ3v) is 3.02. The molecule has 13 heavy (non-hydrogen) atoms. The third kappa shape index (κ3) is 3.33. The molecule has 0 bridgehead atoms. The summed E-state index contributed by atoms with van der Waals surface area (Å²) in [5.41, 5.74) is 7.80. The Morgan fingerprint density at radius 2 is 2.31 bits per heavy atom. The van der Waals surface area contributed by atoms with Crippen LogP contribution in [0.3, 0.4) is 0 Å². The van der Waals surface area contributed by atoms with E-state index in [1.54, 1.807) is 11.8 Å². The standard InChI is InChI=1S/C10H12ClNS/c1-7-3-4-10(9(12)5-7)13-6-8(2)11/h3-5H,2,6,12H2,1H3. The Hall–Kier alpha value is -0.600. The first-order valence-corrected chi connectivity index (χ1v) is 5.28. The first kappa shape index (κ1) is 10.5. The highest BCUT2D eigenvalue weighted by Gasteiger charge is 2.00. The van der Waals surface area contributed by atoms with Crippen LogP contribution < -0.4 is 5.73 Å². The highest BCUT2D eigenvalue weighted by Crippen LogP contribution is 2.27. The van der Waals surface area contributed by atoms with Crippen LogP contribution in [0.2, 0.25) is 0 Å². The number of thioether (sulfide) groups is 1. The van der Waals surface area contributed by atoms with Crippen LogP contribution in [0.1, 0.15) is 5.56 Å². The lowest BCUT2D eigenvalue weighted by molar-refractivity contribution is 1.38. The van der Waals surface area contributed by atoms with Gasteiger partial charge in [-0.2, -0.15) is 0 Å². The van der Waals surface area contributed by atoms with Gasteiger partial charge in [0.15, 0.2) is 0 Å². The predicted octanol–water partition coefficient (Wildman–Crippen LogP) is 3.42. The average molecular weight is 214 g/mol. The van der Waals surface area contributed by atoms with Crippen molar-refractivity contribution in [1.82, 2.24) is 0 Å². The van der Waals surface area contributed by atoms with Crippen molar-refractivity contribution in [3.63, 3.8) is 0 Å². The van der Waals surface area contributed by atoms with E-state index < -0.39 is 0 Å². The number of benzene rings is 1. The number of halogens is 1. The molecule has 0 radical (unpaired) electrons. The lowest BCUT2D eigenvalue weighted by Crippen LogP contribution is -1.90. The number of rotatable bonds is 3. The van der Waals surface area contributed by atoms with Crippen LogP contribution in [0.25, 0.3) is 0 Å². The van der Waals surface area contributed by atoms with E-state index in [0.717, 1.165) is 10.6 Å².